The van der Waals surface area contributed by atoms with Gasteiger partial charge < -0.3 is 16.2 Å². The van der Waals surface area contributed by atoms with Crippen LogP contribution in [0.4, 0.5) is 11.4 Å². The number of halogens is 1. The monoisotopic (exact) mass is 263 g/mol. The maximum atomic E-state index is 11.9. The summed E-state index contributed by atoms with van der Waals surface area (Å²) in [7, 11) is 0. The molecule has 6 heteroatoms. The molecular weight excluding hydrogens is 254 g/mol. The Hall–Kier alpha value is -2.27. The SMILES string of the molecule is Nc1ccc(C(=O)Nc2ccnc(Cl)c2)cc1O. The predicted octanol–water partition coefficient (Wildman–Crippen LogP) is 2.28. The molecule has 0 aliphatic heterocycles. The quantitative estimate of drug-likeness (QED) is 0.441. The molecule has 4 N–H and O–H groups in total. The number of benzene rings is 1. The molecule has 0 unspecified atom stereocenters. The molecule has 18 heavy (non-hydrogen) atoms. The lowest BCUT2D eigenvalue weighted by Crippen LogP contribution is -2.11. The van der Waals surface area contributed by atoms with Crippen molar-refractivity contribution in [1.82, 2.24) is 4.98 Å². The number of rotatable bonds is 2. The summed E-state index contributed by atoms with van der Waals surface area (Å²) >= 11 is 5.70. The molecule has 0 aliphatic rings. The van der Waals surface area contributed by atoms with Crippen LogP contribution in [0.1, 0.15) is 10.4 Å². The van der Waals surface area contributed by atoms with Gasteiger partial charge in [-0.2, -0.15) is 0 Å². The molecule has 1 amide bonds. The number of carbonyl (C=O) groups is 1. The fraction of sp³-hybridized carbons (Fsp3) is 0. The average Bonchev–Trinajstić information content (AvgIpc) is 2.32. The second-order valence-corrected chi connectivity index (χ2v) is 3.98. The van der Waals surface area contributed by atoms with Gasteiger partial charge in [-0.25, -0.2) is 4.98 Å². The van der Waals surface area contributed by atoms with Crippen molar-refractivity contribution >= 4 is 28.9 Å². The first-order valence-electron chi connectivity index (χ1n) is 5.07. The third-order valence-corrected chi connectivity index (χ3v) is 2.48. The number of aromatic nitrogens is 1. The highest BCUT2D eigenvalue weighted by atomic mass is 35.5. The zero-order valence-electron chi connectivity index (χ0n) is 9.22. The van der Waals surface area contributed by atoms with Gasteiger partial charge in [-0.05, 0) is 30.3 Å². The van der Waals surface area contributed by atoms with E-state index in [1.807, 2.05) is 0 Å². The predicted molar refractivity (Wildman–Crippen MR) is 69.7 cm³/mol. The second kappa shape index (κ2) is 4.93. The Morgan fingerprint density at radius 1 is 1.33 bits per heavy atom. The third-order valence-electron chi connectivity index (χ3n) is 2.28. The van der Waals surface area contributed by atoms with Crippen molar-refractivity contribution in [1.29, 1.82) is 0 Å². The highest BCUT2D eigenvalue weighted by Gasteiger charge is 2.08. The maximum Gasteiger partial charge on any atom is 0.255 e. The Morgan fingerprint density at radius 2 is 2.11 bits per heavy atom. The summed E-state index contributed by atoms with van der Waals surface area (Å²) in [5.41, 5.74) is 6.50. The summed E-state index contributed by atoms with van der Waals surface area (Å²) in [6.45, 7) is 0. The van der Waals surface area contributed by atoms with Gasteiger partial charge in [0.05, 0.1) is 5.69 Å². The van der Waals surface area contributed by atoms with Gasteiger partial charge in [-0.15, -0.1) is 0 Å². The van der Waals surface area contributed by atoms with Gasteiger partial charge in [0.2, 0.25) is 0 Å². The van der Waals surface area contributed by atoms with E-state index in [9.17, 15) is 9.90 Å². The number of amides is 1. The summed E-state index contributed by atoms with van der Waals surface area (Å²) in [6, 6.07) is 7.42. The van der Waals surface area contributed by atoms with Crippen LogP contribution in [-0.4, -0.2) is 16.0 Å². The minimum atomic E-state index is -0.368. The van der Waals surface area contributed by atoms with Crippen LogP contribution in [0.25, 0.3) is 0 Å². The fourth-order valence-electron chi connectivity index (χ4n) is 1.37. The number of hydrogen-bond acceptors (Lipinski definition) is 4. The smallest absolute Gasteiger partial charge is 0.255 e. The van der Waals surface area contributed by atoms with E-state index in [1.54, 1.807) is 6.07 Å². The number of nitrogens with two attached hydrogens (primary N) is 1. The van der Waals surface area contributed by atoms with E-state index in [0.29, 0.717) is 11.3 Å². The summed E-state index contributed by atoms with van der Waals surface area (Å²) < 4.78 is 0. The van der Waals surface area contributed by atoms with Gasteiger partial charge in [0, 0.05) is 17.4 Å². The number of anilines is 2. The summed E-state index contributed by atoms with van der Waals surface area (Å²) in [6.07, 6.45) is 1.48. The lowest BCUT2D eigenvalue weighted by atomic mass is 10.1. The molecule has 5 nitrogen and oxygen atoms in total. The van der Waals surface area contributed by atoms with Crippen LogP contribution in [-0.2, 0) is 0 Å². The van der Waals surface area contributed by atoms with Crippen LogP contribution in [0.3, 0.4) is 0 Å². The number of pyridine rings is 1. The highest BCUT2D eigenvalue weighted by molar-refractivity contribution is 6.29. The number of nitrogens with one attached hydrogen (secondary N) is 1. The number of aromatic hydroxyl groups is 1. The van der Waals surface area contributed by atoms with Crippen molar-refractivity contribution in [2.24, 2.45) is 0 Å². The molecule has 1 aromatic heterocycles. The van der Waals surface area contributed by atoms with E-state index in [-0.39, 0.29) is 22.5 Å². The number of hydrogen-bond donors (Lipinski definition) is 3. The van der Waals surface area contributed by atoms with Gasteiger partial charge in [0.1, 0.15) is 10.9 Å². The van der Waals surface area contributed by atoms with Crippen LogP contribution >= 0.6 is 11.6 Å². The second-order valence-electron chi connectivity index (χ2n) is 3.59. The molecule has 0 aliphatic carbocycles. The molecule has 2 rings (SSSR count). The molecule has 1 heterocycles. The Morgan fingerprint density at radius 3 is 2.78 bits per heavy atom. The Labute approximate surface area is 108 Å². The van der Waals surface area contributed by atoms with Crippen molar-refractivity contribution in [2.75, 3.05) is 11.1 Å². The topological polar surface area (TPSA) is 88.2 Å². The van der Waals surface area contributed by atoms with E-state index < -0.39 is 0 Å². The first-order chi connectivity index (χ1) is 8.56. The van der Waals surface area contributed by atoms with Gasteiger partial charge >= 0.3 is 0 Å². The van der Waals surface area contributed by atoms with E-state index >= 15 is 0 Å². The number of nitrogen functional groups attached to an aromatic ring is 1. The van der Waals surface area contributed by atoms with Crippen molar-refractivity contribution in [2.45, 2.75) is 0 Å². The first-order valence-corrected chi connectivity index (χ1v) is 5.45. The summed E-state index contributed by atoms with van der Waals surface area (Å²) in [5.74, 6) is -0.497. The zero-order valence-corrected chi connectivity index (χ0v) is 9.98. The Balaban J connectivity index is 2.19. The minimum absolute atomic E-state index is 0.129. The molecule has 0 spiro atoms. The lowest BCUT2D eigenvalue weighted by molar-refractivity contribution is 0.102. The van der Waals surface area contributed by atoms with Crippen LogP contribution in [0.5, 0.6) is 5.75 Å². The van der Waals surface area contributed by atoms with Crippen LogP contribution < -0.4 is 11.1 Å². The Kier molecular flexibility index (Phi) is 3.34. The van der Waals surface area contributed by atoms with Crippen molar-refractivity contribution in [3.05, 3.63) is 47.2 Å². The van der Waals surface area contributed by atoms with Crippen LogP contribution in [0.15, 0.2) is 36.5 Å². The fourth-order valence-corrected chi connectivity index (χ4v) is 1.54. The first kappa shape index (κ1) is 12.2. The van der Waals surface area contributed by atoms with Gasteiger partial charge in [0.15, 0.2) is 0 Å². The number of phenolic OH excluding ortho intramolecular Hbond substituents is 1. The average molecular weight is 264 g/mol. The zero-order chi connectivity index (χ0) is 13.1. The molecule has 2 aromatic rings. The molecule has 0 atom stereocenters. The molecule has 92 valence electrons. The minimum Gasteiger partial charge on any atom is -0.506 e. The van der Waals surface area contributed by atoms with Crippen LogP contribution in [0, 0.1) is 0 Å². The molecule has 0 bridgehead atoms. The normalized spacial score (nSPS) is 10.1. The highest BCUT2D eigenvalue weighted by Crippen LogP contribution is 2.21. The van der Waals surface area contributed by atoms with E-state index in [0.717, 1.165) is 0 Å². The van der Waals surface area contributed by atoms with Gasteiger partial charge in [0.25, 0.3) is 5.91 Å². The number of carbonyl (C=O) groups excluding carboxylic acids is 1. The van der Waals surface area contributed by atoms with E-state index in [4.69, 9.17) is 17.3 Å². The van der Waals surface area contributed by atoms with E-state index in [2.05, 4.69) is 10.3 Å². The van der Waals surface area contributed by atoms with E-state index in [1.165, 1.54) is 30.5 Å². The summed E-state index contributed by atoms with van der Waals surface area (Å²) in [5, 5.41) is 12.3. The van der Waals surface area contributed by atoms with Gasteiger partial charge in [-0.1, -0.05) is 11.6 Å². The molecule has 0 fully saturated rings. The van der Waals surface area contributed by atoms with Crippen molar-refractivity contribution < 1.29 is 9.90 Å². The van der Waals surface area contributed by atoms with Crippen molar-refractivity contribution in [3.8, 4) is 5.75 Å². The molecule has 1 aromatic carbocycles. The Bertz CT molecular complexity index is 602. The molecule has 0 saturated carbocycles. The van der Waals surface area contributed by atoms with Gasteiger partial charge in [-0.3, -0.25) is 4.79 Å². The lowest BCUT2D eigenvalue weighted by Gasteiger charge is -2.06. The summed E-state index contributed by atoms with van der Waals surface area (Å²) in [4.78, 5) is 15.7. The maximum absolute atomic E-state index is 11.9. The van der Waals surface area contributed by atoms with Crippen LogP contribution in [0.2, 0.25) is 5.15 Å². The van der Waals surface area contributed by atoms with Crippen molar-refractivity contribution in [3.63, 3.8) is 0 Å². The standard InChI is InChI=1S/C12H10ClN3O2/c13-11-6-8(3-4-15-11)16-12(18)7-1-2-9(14)10(17)5-7/h1-6,17H,14H2,(H,15,16,18). The number of phenols is 1. The molecular formula is C12H10ClN3O2. The molecule has 0 radical (unpaired) electrons. The largest absolute Gasteiger partial charge is 0.506 e. The third kappa shape index (κ3) is 2.70. The molecule has 0 saturated heterocycles. The number of nitrogens with zero attached hydrogens (tertiary/aromatic N) is 1.